The van der Waals surface area contributed by atoms with Gasteiger partial charge in [0, 0.05) is 36.1 Å². The first kappa shape index (κ1) is 16.9. The number of benzene rings is 1. The number of aromatic nitrogens is 1. The quantitative estimate of drug-likeness (QED) is 0.886. The summed E-state index contributed by atoms with van der Waals surface area (Å²) in [4.78, 5) is 9.67. The highest BCUT2D eigenvalue weighted by molar-refractivity contribution is 7.14. The van der Waals surface area contributed by atoms with E-state index >= 15 is 0 Å². The lowest BCUT2D eigenvalue weighted by molar-refractivity contribution is 0.153. The molecule has 2 saturated heterocycles. The number of anilines is 1. The maximum absolute atomic E-state index is 13.1. The zero-order chi connectivity index (χ0) is 17.2. The molecule has 2 unspecified atom stereocenters. The number of rotatable bonds is 5. The van der Waals surface area contributed by atoms with Crippen molar-refractivity contribution in [2.24, 2.45) is 0 Å². The largest absolute Gasteiger partial charge is 0.395 e. The van der Waals surface area contributed by atoms with Gasteiger partial charge in [-0.15, -0.1) is 11.3 Å². The number of hydrogen-bond acceptors (Lipinski definition) is 5. The summed E-state index contributed by atoms with van der Waals surface area (Å²) in [6, 6.07) is 7.33. The van der Waals surface area contributed by atoms with Crippen molar-refractivity contribution in [3.05, 3.63) is 35.5 Å². The van der Waals surface area contributed by atoms with Gasteiger partial charge < -0.3 is 10.0 Å². The molecule has 0 spiro atoms. The number of nitrogens with zero attached hydrogens (tertiary/aromatic N) is 3. The van der Waals surface area contributed by atoms with E-state index in [0.29, 0.717) is 12.1 Å². The number of likely N-dealkylation sites (tertiary alicyclic amines) is 1. The standard InChI is InChI=1S/C19H24FN3OS/c20-15-7-5-14(6-8-15)18-13-25-19(21-18)23-10-2-3-16(23)11-22-9-1-4-17(22)12-24/h5-8,13,16-17,24H,1-4,9-12H2. The molecule has 3 heterocycles. The lowest BCUT2D eigenvalue weighted by atomic mass is 10.2. The lowest BCUT2D eigenvalue weighted by Crippen LogP contribution is -2.43. The summed E-state index contributed by atoms with van der Waals surface area (Å²) in [6.07, 6.45) is 4.66. The predicted octanol–water partition coefficient (Wildman–Crippen LogP) is 3.37. The summed E-state index contributed by atoms with van der Waals surface area (Å²) in [5.41, 5.74) is 1.87. The van der Waals surface area contributed by atoms with Crippen LogP contribution >= 0.6 is 11.3 Å². The van der Waals surface area contributed by atoms with Crippen LogP contribution in [0.15, 0.2) is 29.6 Å². The summed E-state index contributed by atoms with van der Waals surface area (Å²) in [5, 5.41) is 12.7. The Kier molecular flexibility index (Phi) is 5.01. The topological polar surface area (TPSA) is 39.6 Å². The van der Waals surface area contributed by atoms with Gasteiger partial charge in [0.2, 0.25) is 0 Å². The van der Waals surface area contributed by atoms with Crippen LogP contribution in [0.25, 0.3) is 11.3 Å². The van der Waals surface area contributed by atoms with Crippen LogP contribution in [0.2, 0.25) is 0 Å². The van der Waals surface area contributed by atoms with Gasteiger partial charge in [-0.25, -0.2) is 9.37 Å². The number of aliphatic hydroxyl groups excluding tert-OH is 1. The maximum atomic E-state index is 13.1. The van der Waals surface area contributed by atoms with E-state index in [1.165, 1.54) is 31.4 Å². The van der Waals surface area contributed by atoms with Gasteiger partial charge in [-0.1, -0.05) is 0 Å². The molecule has 1 N–H and O–H groups in total. The fourth-order valence-electron chi connectivity index (χ4n) is 4.04. The molecule has 0 radical (unpaired) electrons. The monoisotopic (exact) mass is 361 g/mol. The van der Waals surface area contributed by atoms with Crippen molar-refractivity contribution < 1.29 is 9.50 Å². The summed E-state index contributed by atoms with van der Waals surface area (Å²) in [5.74, 6) is -0.220. The molecule has 0 amide bonds. The van der Waals surface area contributed by atoms with Crippen molar-refractivity contribution in [2.45, 2.75) is 37.8 Å². The van der Waals surface area contributed by atoms with E-state index in [-0.39, 0.29) is 12.4 Å². The van der Waals surface area contributed by atoms with E-state index in [4.69, 9.17) is 4.98 Å². The van der Waals surface area contributed by atoms with Gasteiger partial charge >= 0.3 is 0 Å². The van der Waals surface area contributed by atoms with E-state index in [0.717, 1.165) is 42.4 Å². The summed E-state index contributed by atoms with van der Waals surface area (Å²) in [6.45, 7) is 3.41. The van der Waals surface area contributed by atoms with Crippen LogP contribution in [0.5, 0.6) is 0 Å². The molecule has 2 fully saturated rings. The molecule has 2 atom stereocenters. The van der Waals surface area contributed by atoms with Crippen molar-refractivity contribution >= 4 is 16.5 Å². The minimum absolute atomic E-state index is 0.220. The average Bonchev–Trinajstić information content (AvgIpc) is 3.35. The van der Waals surface area contributed by atoms with Crippen LogP contribution in [0.1, 0.15) is 25.7 Å². The van der Waals surface area contributed by atoms with E-state index in [2.05, 4.69) is 15.2 Å². The first-order chi connectivity index (χ1) is 12.2. The van der Waals surface area contributed by atoms with Crippen LogP contribution in [-0.2, 0) is 0 Å². The lowest BCUT2D eigenvalue weighted by Gasteiger charge is -2.31. The van der Waals surface area contributed by atoms with E-state index in [1.54, 1.807) is 23.5 Å². The zero-order valence-electron chi connectivity index (χ0n) is 14.3. The SMILES string of the molecule is OCC1CCCN1CC1CCCN1c1nc(-c2ccc(F)cc2)cs1. The molecule has 2 aliphatic rings. The second-order valence-corrected chi connectivity index (χ2v) is 7.82. The normalized spacial score (nSPS) is 24.3. The van der Waals surface area contributed by atoms with E-state index in [1.807, 2.05) is 0 Å². The van der Waals surface area contributed by atoms with Crippen LogP contribution in [0, 0.1) is 5.82 Å². The molecule has 4 nitrogen and oxygen atoms in total. The molecule has 0 saturated carbocycles. The van der Waals surface area contributed by atoms with Crippen molar-refractivity contribution in [3.8, 4) is 11.3 Å². The van der Waals surface area contributed by atoms with Crippen LogP contribution in [-0.4, -0.2) is 53.3 Å². The van der Waals surface area contributed by atoms with Gasteiger partial charge in [-0.2, -0.15) is 0 Å². The Labute approximate surface area is 151 Å². The van der Waals surface area contributed by atoms with Gasteiger partial charge in [0.25, 0.3) is 0 Å². The van der Waals surface area contributed by atoms with Crippen molar-refractivity contribution in [1.29, 1.82) is 0 Å². The van der Waals surface area contributed by atoms with E-state index < -0.39 is 0 Å². The summed E-state index contributed by atoms with van der Waals surface area (Å²) in [7, 11) is 0. The van der Waals surface area contributed by atoms with Crippen LogP contribution in [0.3, 0.4) is 0 Å². The van der Waals surface area contributed by atoms with Gasteiger partial charge in [-0.05, 0) is 56.5 Å². The molecule has 25 heavy (non-hydrogen) atoms. The van der Waals surface area contributed by atoms with Crippen LogP contribution in [0.4, 0.5) is 9.52 Å². The van der Waals surface area contributed by atoms with Crippen molar-refractivity contribution in [1.82, 2.24) is 9.88 Å². The predicted molar refractivity (Wildman–Crippen MR) is 99.6 cm³/mol. The fraction of sp³-hybridized carbons (Fsp3) is 0.526. The number of thiazole rings is 1. The summed E-state index contributed by atoms with van der Waals surface area (Å²) < 4.78 is 13.1. The number of hydrogen-bond donors (Lipinski definition) is 1. The second-order valence-electron chi connectivity index (χ2n) is 6.99. The molecule has 1 aromatic carbocycles. The second kappa shape index (κ2) is 7.40. The van der Waals surface area contributed by atoms with Crippen LogP contribution < -0.4 is 4.90 Å². The number of aliphatic hydroxyl groups is 1. The van der Waals surface area contributed by atoms with Crippen molar-refractivity contribution in [2.75, 3.05) is 31.1 Å². The van der Waals surface area contributed by atoms with Gasteiger partial charge in [0.05, 0.1) is 12.3 Å². The van der Waals surface area contributed by atoms with Crippen molar-refractivity contribution in [3.63, 3.8) is 0 Å². The Bertz CT molecular complexity index is 705. The Morgan fingerprint density at radius 3 is 2.68 bits per heavy atom. The molecule has 4 rings (SSSR count). The van der Waals surface area contributed by atoms with Gasteiger partial charge in [-0.3, -0.25) is 4.90 Å². The fourth-order valence-corrected chi connectivity index (χ4v) is 4.97. The highest BCUT2D eigenvalue weighted by atomic mass is 32.1. The average molecular weight is 361 g/mol. The smallest absolute Gasteiger partial charge is 0.186 e. The number of halogens is 1. The van der Waals surface area contributed by atoms with E-state index in [9.17, 15) is 9.50 Å². The minimum Gasteiger partial charge on any atom is -0.395 e. The molecule has 0 aliphatic carbocycles. The highest BCUT2D eigenvalue weighted by Crippen LogP contribution is 2.33. The molecule has 6 heteroatoms. The summed E-state index contributed by atoms with van der Waals surface area (Å²) >= 11 is 1.67. The third kappa shape index (κ3) is 3.57. The molecule has 2 aliphatic heterocycles. The molecular weight excluding hydrogens is 337 g/mol. The molecule has 1 aromatic heterocycles. The maximum Gasteiger partial charge on any atom is 0.186 e. The Balaban J connectivity index is 1.48. The minimum atomic E-state index is -0.220. The Hall–Kier alpha value is -1.50. The molecule has 134 valence electrons. The third-order valence-electron chi connectivity index (χ3n) is 5.41. The molecular formula is C19H24FN3OS. The Morgan fingerprint density at radius 2 is 1.88 bits per heavy atom. The first-order valence-corrected chi connectivity index (χ1v) is 9.95. The highest BCUT2D eigenvalue weighted by Gasteiger charge is 2.32. The zero-order valence-corrected chi connectivity index (χ0v) is 15.1. The molecule has 0 bridgehead atoms. The third-order valence-corrected chi connectivity index (χ3v) is 6.29. The van der Waals surface area contributed by atoms with Gasteiger partial charge in [0.15, 0.2) is 5.13 Å². The molecule has 2 aromatic rings. The van der Waals surface area contributed by atoms with Gasteiger partial charge in [0.1, 0.15) is 5.82 Å². The Morgan fingerprint density at radius 1 is 1.12 bits per heavy atom. The first-order valence-electron chi connectivity index (χ1n) is 9.07.